The topological polar surface area (TPSA) is 90.2 Å². The molecule has 6 heteroatoms. The summed E-state index contributed by atoms with van der Waals surface area (Å²) in [5.41, 5.74) is 0. The molecule has 6 nitrogen and oxygen atoms in total. The summed E-state index contributed by atoms with van der Waals surface area (Å²) < 4.78 is 5.20. The monoisotopic (exact) mass is 271 g/mol. The molecule has 108 valence electrons. The van der Waals surface area contributed by atoms with E-state index >= 15 is 0 Å². The van der Waals surface area contributed by atoms with Crippen LogP contribution in [0.5, 0.6) is 0 Å². The molecule has 0 spiro atoms. The van der Waals surface area contributed by atoms with Crippen molar-refractivity contribution in [1.82, 2.24) is 4.90 Å². The number of aliphatic hydroxyl groups excluding tert-OH is 3. The van der Waals surface area contributed by atoms with Gasteiger partial charge in [0, 0.05) is 13.1 Å². The van der Waals surface area contributed by atoms with E-state index in [4.69, 9.17) is 4.74 Å². The van der Waals surface area contributed by atoms with Crippen LogP contribution in [0.2, 0.25) is 0 Å². The first-order valence-electron chi connectivity index (χ1n) is 6.63. The van der Waals surface area contributed by atoms with Gasteiger partial charge in [0.2, 0.25) is 0 Å². The van der Waals surface area contributed by atoms with Crippen LogP contribution < -0.4 is 0 Å². The fourth-order valence-corrected chi connectivity index (χ4v) is 2.82. The molecule has 2 heterocycles. The molecule has 0 saturated carbocycles. The Bertz CT molecular complexity index is 359. The van der Waals surface area contributed by atoms with Gasteiger partial charge in [-0.05, 0) is 13.3 Å². The highest BCUT2D eigenvalue weighted by Gasteiger charge is 2.49. The van der Waals surface area contributed by atoms with Gasteiger partial charge in [-0.15, -0.1) is 0 Å². The number of ether oxygens (including phenoxy) is 1. The lowest BCUT2D eigenvalue weighted by Gasteiger charge is -2.42. The van der Waals surface area contributed by atoms with E-state index in [1.165, 1.54) is 0 Å². The van der Waals surface area contributed by atoms with Crippen LogP contribution in [0.25, 0.3) is 0 Å². The third-order valence-electron chi connectivity index (χ3n) is 3.83. The van der Waals surface area contributed by atoms with Crippen molar-refractivity contribution in [3.05, 3.63) is 12.2 Å². The predicted molar refractivity (Wildman–Crippen MR) is 67.3 cm³/mol. The molecule has 19 heavy (non-hydrogen) atoms. The molecule has 0 aromatic carbocycles. The van der Waals surface area contributed by atoms with Gasteiger partial charge in [-0.2, -0.15) is 0 Å². The van der Waals surface area contributed by atoms with E-state index in [1.807, 2.05) is 11.8 Å². The molecule has 2 aliphatic rings. The van der Waals surface area contributed by atoms with Crippen molar-refractivity contribution in [1.29, 1.82) is 0 Å². The third kappa shape index (κ3) is 2.97. The average Bonchev–Trinajstić information content (AvgIpc) is 2.74. The molecule has 0 bridgehead atoms. The Hall–Kier alpha value is -0.950. The molecule has 2 rings (SSSR count). The quantitative estimate of drug-likeness (QED) is 0.452. The summed E-state index contributed by atoms with van der Waals surface area (Å²) in [6.45, 7) is 2.79. The summed E-state index contributed by atoms with van der Waals surface area (Å²) in [5, 5.41) is 29.8. The number of hydrogen-bond donors (Lipinski definition) is 3. The van der Waals surface area contributed by atoms with Crippen molar-refractivity contribution >= 4 is 5.97 Å². The maximum Gasteiger partial charge on any atom is 0.310 e. The normalized spacial score (nSPS) is 39.5. The highest BCUT2D eigenvalue weighted by Crippen LogP contribution is 2.29. The SMILES string of the molecule is C/C=C/CC(=O)O[C@H]1CN2CC[C@H](O)C2[C@@H](O)[C@@H]1O. The Balaban J connectivity index is 1.97. The zero-order valence-corrected chi connectivity index (χ0v) is 11.0. The molecule has 0 amide bonds. The van der Waals surface area contributed by atoms with Crippen molar-refractivity contribution in [3.8, 4) is 0 Å². The zero-order valence-electron chi connectivity index (χ0n) is 11.0. The lowest BCUT2D eigenvalue weighted by Crippen LogP contribution is -2.62. The minimum absolute atomic E-state index is 0.155. The van der Waals surface area contributed by atoms with Gasteiger partial charge in [-0.25, -0.2) is 0 Å². The first-order chi connectivity index (χ1) is 9.04. The second kappa shape index (κ2) is 6.00. The van der Waals surface area contributed by atoms with Crippen LogP contribution in [0.4, 0.5) is 0 Å². The molecular weight excluding hydrogens is 250 g/mol. The Labute approximate surface area is 112 Å². The first kappa shape index (κ1) is 14.5. The Morgan fingerprint density at radius 3 is 2.79 bits per heavy atom. The number of piperidine rings is 1. The minimum Gasteiger partial charge on any atom is -0.458 e. The Kier molecular flexibility index (Phi) is 4.57. The summed E-state index contributed by atoms with van der Waals surface area (Å²) in [4.78, 5) is 13.4. The summed E-state index contributed by atoms with van der Waals surface area (Å²) >= 11 is 0. The third-order valence-corrected chi connectivity index (χ3v) is 3.83. The lowest BCUT2D eigenvalue weighted by molar-refractivity contribution is -0.178. The maximum absolute atomic E-state index is 11.5. The van der Waals surface area contributed by atoms with E-state index in [1.54, 1.807) is 12.2 Å². The number of nitrogens with zero attached hydrogens (tertiary/aromatic N) is 1. The zero-order chi connectivity index (χ0) is 14.0. The molecule has 3 N–H and O–H groups in total. The van der Waals surface area contributed by atoms with E-state index in [9.17, 15) is 20.1 Å². The average molecular weight is 271 g/mol. The fourth-order valence-electron chi connectivity index (χ4n) is 2.82. The van der Waals surface area contributed by atoms with Crippen LogP contribution >= 0.6 is 0 Å². The van der Waals surface area contributed by atoms with Gasteiger partial charge in [0.1, 0.15) is 18.3 Å². The van der Waals surface area contributed by atoms with E-state index < -0.39 is 36.4 Å². The van der Waals surface area contributed by atoms with Crippen LogP contribution in [0, 0.1) is 0 Å². The van der Waals surface area contributed by atoms with E-state index in [-0.39, 0.29) is 6.42 Å². The summed E-state index contributed by atoms with van der Waals surface area (Å²) in [7, 11) is 0. The second-order valence-corrected chi connectivity index (χ2v) is 5.12. The van der Waals surface area contributed by atoms with E-state index in [2.05, 4.69) is 0 Å². The predicted octanol–water partition coefficient (Wildman–Crippen LogP) is -0.965. The van der Waals surface area contributed by atoms with Gasteiger partial charge in [-0.3, -0.25) is 9.69 Å². The maximum atomic E-state index is 11.5. The summed E-state index contributed by atoms with van der Waals surface area (Å²) in [6, 6.07) is -0.458. The fraction of sp³-hybridized carbons (Fsp3) is 0.769. The largest absolute Gasteiger partial charge is 0.458 e. The van der Waals surface area contributed by atoms with E-state index in [0.29, 0.717) is 19.5 Å². The molecule has 2 fully saturated rings. The van der Waals surface area contributed by atoms with E-state index in [0.717, 1.165) is 0 Å². The number of rotatable bonds is 3. The molecule has 2 saturated heterocycles. The van der Waals surface area contributed by atoms with Gasteiger partial charge in [0.25, 0.3) is 0 Å². The minimum atomic E-state index is -1.15. The van der Waals surface area contributed by atoms with Crippen LogP contribution in [-0.4, -0.2) is 69.7 Å². The number of carbonyl (C=O) groups excluding carboxylic acids is 1. The van der Waals surface area contributed by atoms with Gasteiger partial charge in [0.15, 0.2) is 0 Å². The lowest BCUT2D eigenvalue weighted by atomic mass is 9.93. The molecule has 0 radical (unpaired) electrons. The number of esters is 1. The summed E-state index contributed by atoms with van der Waals surface area (Å²) in [6.07, 6.45) is 0.527. The second-order valence-electron chi connectivity index (χ2n) is 5.12. The smallest absolute Gasteiger partial charge is 0.310 e. The van der Waals surface area contributed by atoms with Crippen molar-refractivity contribution in [2.24, 2.45) is 0 Å². The summed E-state index contributed by atoms with van der Waals surface area (Å²) in [5.74, 6) is -0.424. The Morgan fingerprint density at radius 1 is 1.37 bits per heavy atom. The van der Waals surface area contributed by atoms with Gasteiger partial charge in [-0.1, -0.05) is 12.2 Å². The van der Waals surface area contributed by atoms with Crippen molar-refractivity contribution in [2.75, 3.05) is 13.1 Å². The first-order valence-corrected chi connectivity index (χ1v) is 6.63. The number of allylic oxidation sites excluding steroid dienone is 1. The van der Waals surface area contributed by atoms with Crippen LogP contribution in [-0.2, 0) is 9.53 Å². The molecule has 1 unspecified atom stereocenters. The van der Waals surface area contributed by atoms with Crippen LogP contribution in [0.15, 0.2) is 12.2 Å². The number of aliphatic hydroxyl groups is 3. The Morgan fingerprint density at radius 2 is 2.11 bits per heavy atom. The van der Waals surface area contributed by atoms with Crippen molar-refractivity contribution in [3.63, 3.8) is 0 Å². The van der Waals surface area contributed by atoms with Crippen LogP contribution in [0.3, 0.4) is 0 Å². The van der Waals surface area contributed by atoms with Gasteiger partial charge < -0.3 is 20.1 Å². The molecular formula is C13H21NO5. The van der Waals surface area contributed by atoms with Crippen molar-refractivity contribution in [2.45, 2.75) is 50.2 Å². The van der Waals surface area contributed by atoms with Gasteiger partial charge >= 0.3 is 5.97 Å². The number of carbonyl (C=O) groups is 1. The molecule has 2 aliphatic heterocycles. The number of hydrogen-bond acceptors (Lipinski definition) is 6. The molecule has 0 aromatic heterocycles. The van der Waals surface area contributed by atoms with Crippen LogP contribution in [0.1, 0.15) is 19.8 Å². The van der Waals surface area contributed by atoms with Crippen molar-refractivity contribution < 1.29 is 24.9 Å². The standard InChI is InChI=1S/C13H21NO5/c1-2-3-4-10(16)19-9-7-14-6-5-8(15)11(14)13(18)12(9)17/h2-3,8-9,11-13,15,17-18H,4-7H2,1H3/b3-2+/t8-,9-,11?,12+,13+/m0/s1. The molecule has 0 aliphatic carbocycles. The number of fused-ring (bicyclic) bond motifs is 1. The highest BCUT2D eigenvalue weighted by atomic mass is 16.6. The van der Waals surface area contributed by atoms with Gasteiger partial charge in [0.05, 0.1) is 18.6 Å². The molecule has 5 atom stereocenters. The molecule has 0 aromatic rings. The highest BCUT2D eigenvalue weighted by molar-refractivity contribution is 5.71.